The Morgan fingerprint density at radius 2 is 1.26 bits per heavy atom. The van der Waals surface area contributed by atoms with Gasteiger partial charge in [0.2, 0.25) is 0 Å². The molecule has 1 unspecified atom stereocenters. The van der Waals surface area contributed by atoms with Crippen LogP contribution in [-0.4, -0.2) is 12.2 Å². The van der Waals surface area contributed by atoms with Crippen LogP contribution in [0.5, 0.6) is 0 Å². The van der Waals surface area contributed by atoms with Gasteiger partial charge in [0, 0.05) is 23.5 Å². The molecule has 2 N–H and O–H groups in total. The summed E-state index contributed by atoms with van der Waals surface area (Å²) in [6.45, 7) is 2.20. The first-order chi connectivity index (χ1) is 13.1. The van der Waals surface area contributed by atoms with E-state index >= 15 is 0 Å². The molecule has 0 spiro atoms. The lowest BCUT2D eigenvalue weighted by atomic mass is 9.68. The molecule has 0 saturated carbocycles. The topological polar surface area (TPSA) is 24.7 Å². The van der Waals surface area contributed by atoms with E-state index in [0.717, 1.165) is 12.0 Å². The molecule has 138 valence electrons. The minimum atomic E-state index is -0.859. The van der Waals surface area contributed by atoms with Crippen molar-refractivity contribution in [2.75, 3.05) is 7.05 Å². The molecule has 1 aliphatic rings. The quantitative estimate of drug-likeness (QED) is 0.729. The van der Waals surface area contributed by atoms with E-state index in [1.165, 1.54) is 16.0 Å². The summed E-state index contributed by atoms with van der Waals surface area (Å²) in [6.07, 6.45) is 0.720. The molecule has 1 saturated heterocycles. The molecule has 0 aliphatic carbocycles. The monoisotopic (exact) mass is 358 g/mol. The molecule has 0 amide bonds. The Morgan fingerprint density at radius 3 is 1.81 bits per heavy atom. The summed E-state index contributed by atoms with van der Waals surface area (Å²) in [4.78, 5) is 1.44. The molecule has 1 fully saturated rings. The van der Waals surface area contributed by atoms with Gasteiger partial charge in [-0.2, -0.15) is 0 Å². The second-order valence-corrected chi connectivity index (χ2v) is 7.88. The van der Waals surface area contributed by atoms with Gasteiger partial charge in [-0.3, -0.25) is 0 Å². The number of quaternary nitrogens is 1. The van der Waals surface area contributed by atoms with Crippen molar-refractivity contribution in [3.8, 4) is 0 Å². The van der Waals surface area contributed by atoms with E-state index in [1.807, 2.05) is 18.2 Å². The van der Waals surface area contributed by atoms with Crippen LogP contribution in [0.3, 0.4) is 0 Å². The number of hydrogen-bond acceptors (Lipinski definition) is 1. The second kappa shape index (κ2) is 7.30. The van der Waals surface area contributed by atoms with Crippen LogP contribution in [-0.2, 0) is 5.60 Å². The van der Waals surface area contributed by atoms with Crippen LogP contribution >= 0.6 is 0 Å². The highest BCUT2D eigenvalue weighted by molar-refractivity contribution is 5.29. The Labute approximate surface area is 162 Å². The fraction of sp³-hybridized carbons (Fsp3) is 0.280. The predicted octanol–water partition coefficient (Wildman–Crippen LogP) is 3.91. The maximum absolute atomic E-state index is 12.0. The van der Waals surface area contributed by atoms with Gasteiger partial charge < -0.3 is 10.0 Å². The van der Waals surface area contributed by atoms with Crippen LogP contribution in [0.2, 0.25) is 0 Å². The summed E-state index contributed by atoms with van der Waals surface area (Å²) in [5.41, 5.74) is 2.74. The number of likely N-dealkylation sites (tertiary alicyclic amines) is 1. The lowest BCUT2D eigenvalue weighted by Gasteiger charge is -2.49. The zero-order valence-corrected chi connectivity index (χ0v) is 16.0. The van der Waals surface area contributed by atoms with Gasteiger partial charge >= 0.3 is 0 Å². The van der Waals surface area contributed by atoms with Crippen LogP contribution in [0.15, 0.2) is 91.0 Å². The molecule has 5 atom stereocenters. The van der Waals surface area contributed by atoms with Crippen LogP contribution in [0.4, 0.5) is 0 Å². The minimum Gasteiger partial charge on any atom is -0.384 e. The summed E-state index contributed by atoms with van der Waals surface area (Å²) in [6, 6.07) is 32.0. The number of benzene rings is 3. The highest BCUT2D eigenvalue weighted by Crippen LogP contribution is 2.45. The zero-order chi connectivity index (χ0) is 18.9. The number of rotatable bonds is 3. The highest BCUT2D eigenvalue weighted by Gasteiger charge is 2.52. The molecule has 2 heteroatoms. The standard InChI is InChI=1S/C25H27NO/c1-19-24(21-14-8-4-9-15-21)26(2)23(20-12-6-3-7-13-20)18-25(19,27)22-16-10-5-11-17-22/h3-17,19,23-24,27H,18H2,1-2H3/p+1/t19-,23+,24-,25+/m0/s1. The zero-order valence-electron chi connectivity index (χ0n) is 16.0. The largest absolute Gasteiger partial charge is 0.384 e. The molecule has 3 aromatic carbocycles. The summed E-state index contributed by atoms with van der Waals surface area (Å²) in [5.74, 6) is 0.0993. The number of piperidine rings is 1. The first-order valence-corrected chi connectivity index (χ1v) is 9.82. The van der Waals surface area contributed by atoms with Crippen molar-refractivity contribution in [2.24, 2.45) is 5.92 Å². The first-order valence-electron chi connectivity index (χ1n) is 9.82. The normalized spacial score (nSPS) is 30.8. The van der Waals surface area contributed by atoms with E-state index in [-0.39, 0.29) is 18.0 Å². The van der Waals surface area contributed by atoms with Gasteiger partial charge in [-0.05, 0) is 5.56 Å². The predicted molar refractivity (Wildman–Crippen MR) is 109 cm³/mol. The fourth-order valence-electron chi connectivity index (χ4n) is 4.93. The van der Waals surface area contributed by atoms with E-state index in [4.69, 9.17) is 0 Å². The Bertz CT molecular complexity index is 865. The van der Waals surface area contributed by atoms with Crippen molar-refractivity contribution in [2.45, 2.75) is 31.0 Å². The fourth-order valence-corrected chi connectivity index (χ4v) is 4.93. The van der Waals surface area contributed by atoms with Gasteiger partial charge in [0.1, 0.15) is 17.7 Å². The molecule has 27 heavy (non-hydrogen) atoms. The molecule has 0 aromatic heterocycles. The van der Waals surface area contributed by atoms with Gasteiger partial charge in [0.05, 0.1) is 7.05 Å². The van der Waals surface area contributed by atoms with Crippen LogP contribution in [0, 0.1) is 5.92 Å². The SMILES string of the molecule is C[C@H]1[C@@H](c2ccccc2)[NH+](C)[C@@H](c2ccccc2)C[C@]1(O)c1ccccc1. The molecule has 0 radical (unpaired) electrons. The van der Waals surface area contributed by atoms with E-state index in [1.54, 1.807) is 0 Å². The second-order valence-electron chi connectivity index (χ2n) is 7.88. The lowest BCUT2D eigenvalue weighted by Crippen LogP contribution is -3.12. The maximum atomic E-state index is 12.0. The van der Waals surface area contributed by atoms with Gasteiger partial charge in [0.15, 0.2) is 0 Å². The summed E-state index contributed by atoms with van der Waals surface area (Å²) >= 11 is 0. The van der Waals surface area contributed by atoms with E-state index in [0.29, 0.717) is 0 Å². The van der Waals surface area contributed by atoms with Crippen LogP contribution < -0.4 is 4.90 Å². The number of aliphatic hydroxyl groups is 1. The maximum Gasteiger partial charge on any atom is 0.119 e. The van der Waals surface area contributed by atoms with E-state index < -0.39 is 5.60 Å². The average Bonchev–Trinajstić information content (AvgIpc) is 2.73. The summed E-state index contributed by atoms with van der Waals surface area (Å²) < 4.78 is 0. The molecule has 3 aromatic rings. The third kappa shape index (κ3) is 3.20. The summed E-state index contributed by atoms with van der Waals surface area (Å²) in [5, 5.41) is 12.0. The molecular weight excluding hydrogens is 330 g/mol. The van der Waals surface area contributed by atoms with Crippen molar-refractivity contribution in [1.29, 1.82) is 0 Å². The molecule has 2 nitrogen and oxygen atoms in total. The minimum absolute atomic E-state index is 0.0993. The Hall–Kier alpha value is -2.42. The highest BCUT2D eigenvalue weighted by atomic mass is 16.3. The Morgan fingerprint density at radius 1 is 0.778 bits per heavy atom. The van der Waals surface area contributed by atoms with Crippen LogP contribution in [0.1, 0.15) is 42.1 Å². The van der Waals surface area contributed by atoms with E-state index in [2.05, 4.69) is 86.8 Å². The molecule has 1 aliphatic heterocycles. The Kier molecular flexibility index (Phi) is 4.86. The van der Waals surface area contributed by atoms with Crippen molar-refractivity contribution in [1.82, 2.24) is 0 Å². The van der Waals surface area contributed by atoms with Gasteiger partial charge in [-0.1, -0.05) is 97.9 Å². The number of hydrogen-bond donors (Lipinski definition) is 2. The third-order valence-corrected chi connectivity index (χ3v) is 6.44. The van der Waals surface area contributed by atoms with Gasteiger partial charge in [-0.25, -0.2) is 0 Å². The van der Waals surface area contributed by atoms with Crippen molar-refractivity contribution in [3.05, 3.63) is 108 Å². The van der Waals surface area contributed by atoms with Gasteiger partial charge in [-0.15, -0.1) is 0 Å². The average molecular weight is 359 g/mol. The van der Waals surface area contributed by atoms with Crippen LogP contribution in [0.25, 0.3) is 0 Å². The number of nitrogens with one attached hydrogen (secondary N) is 1. The smallest absolute Gasteiger partial charge is 0.119 e. The summed E-state index contributed by atoms with van der Waals surface area (Å²) in [7, 11) is 2.27. The molecular formula is C25H28NO+. The van der Waals surface area contributed by atoms with Crippen molar-refractivity contribution < 1.29 is 10.0 Å². The molecule has 4 rings (SSSR count). The van der Waals surface area contributed by atoms with Gasteiger partial charge in [0.25, 0.3) is 0 Å². The molecule has 0 bridgehead atoms. The lowest BCUT2D eigenvalue weighted by molar-refractivity contribution is -0.957. The molecule has 1 heterocycles. The first kappa shape index (κ1) is 18.0. The Balaban J connectivity index is 1.84. The van der Waals surface area contributed by atoms with Crippen molar-refractivity contribution >= 4 is 0 Å². The van der Waals surface area contributed by atoms with E-state index in [9.17, 15) is 5.11 Å². The third-order valence-electron chi connectivity index (χ3n) is 6.44. The van der Waals surface area contributed by atoms with Crippen molar-refractivity contribution in [3.63, 3.8) is 0 Å².